The van der Waals surface area contributed by atoms with E-state index in [9.17, 15) is 20.1 Å². The van der Waals surface area contributed by atoms with E-state index in [1.54, 1.807) is 26.2 Å². The molecule has 0 bridgehead atoms. The molecule has 2 aliphatic heterocycles. The van der Waals surface area contributed by atoms with Crippen LogP contribution >= 0.6 is 0 Å². The summed E-state index contributed by atoms with van der Waals surface area (Å²) in [5.41, 5.74) is -0.170. The summed E-state index contributed by atoms with van der Waals surface area (Å²) in [6.45, 7) is 16.8. The summed E-state index contributed by atoms with van der Waals surface area (Å²) in [5.74, 6) is 1.57. The van der Waals surface area contributed by atoms with E-state index < -0.39 is 30.2 Å². The number of aromatic nitrogens is 1. The molecule has 2 saturated heterocycles. The topological polar surface area (TPSA) is 122 Å². The fourth-order valence-corrected chi connectivity index (χ4v) is 14.1. The third-order valence-corrected chi connectivity index (χ3v) is 16.6. The van der Waals surface area contributed by atoms with Gasteiger partial charge < -0.3 is 34.4 Å². The third-order valence-electron chi connectivity index (χ3n) is 16.6. The van der Waals surface area contributed by atoms with Crippen LogP contribution in [0.25, 0.3) is 0 Å². The van der Waals surface area contributed by atoms with Crippen LogP contribution in [-0.4, -0.2) is 93.2 Å². The zero-order valence-electron chi connectivity index (χ0n) is 31.4. The molecular formula is C41H62N2O7. The monoisotopic (exact) mass is 694 g/mol. The molecule has 5 saturated carbocycles. The number of hydrogen-bond acceptors (Lipinski definition) is 8. The van der Waals surface area contributed by atoms with Crippen LogP contribution in [-0.2, 0) is 25.4 Å². The molecule has 1 amide bonds. The minimum atomic E-state index is -1.26. The molecule has 8 rings (SSSR count). The number of carbonyl (C=O) groups excluding carboxylic acids is 1. The second-order valence-electron chi connectivity index (χ2n) is 19.5. The van der Waals surface area contributed by atoms with Crippen molar-refractivity contribution in [3.63, 3.8) is 0 Å². The van der Waals surface area contributed by atoms with Gasteiger partial charge in [0.25, 0.3) is 0 Å². The number of aliphatic hydroxyl groups excluding tert-OH is 2. The van der Waals surface area contributed by atoms with E-state index in [1.165, 1.54) is 12.8 Å². The quantitative estimate of drug-likeness (QED) is 0.375. The first-order valence-corrected chi connectivity index (χ1v) is 19.7. The van der Waals surface area contributed by atoms with Gasteiger partial charge in [-0.1, -0.05) is 34.6 Å². The number of rotatable bonds is 6. The van der Waals surface area contributed by atoms with Gasteiger partial charge in [0.1, 0.15) is 6.10 Å². The molecule has 0 aromatic carbocycles. The van der Waals surface area contributed by atoms with Crippen molar-refractivity contribution in [2.24, 2.45) is 50.7 Å². The van der Waals surface area contributed by atoms with Crippen molar-refractivity contribution >= 4 is 5.91 Å². The molecule has 278 valence electrons. The zero-order chi connectivity index (χ0) is 35.6. The first kappa shape index (κ1) is 35.4. The largest absolute Gasteiger partial charge is 0.390 e. The first-order valence-electron chi connectivity index (χ1n) is 19.7. The lowest BCUT2D eigenvalue weighted by molar-refractivity contribution is -0.248. The number of amides is 1. The average molecular weight is 695 g/mol. The summed E-state index contributed by atoms with van der Waals surface area (Å²) < 4.78 is 19.7. The number of nitrogens with zero attached hydrogens (tertiary/aromatic N) is 2. The maximum atomic E-state index is 13.2. The molecule has 14 atom stereocenters. The highest BCUT2D eigenvalue weighted by Crippen LogP contribution is 2.89. The van der Waals surface area contributed by atoms with Crippen molar-refractivity contribution in [2.75, 3.05) is 19.7 Å². The number of morpholine rings is 1. The van der Waals surface area contributed by atoms with E-state index >= 15 is 0 Å². The highest BCUT2D eigenvalue weighted by Gasteiger charge is 2.84. The number of hydrogen-bond donors (Lipinski definition) is 3. The fraction of sp³-hybridized carbons (Fsp3) is 0.854. The second-order valence-corrected chi connectivity index (χ2v) is 19.5. The van der Waals surface area contributed by atoms with Crippen molar-refractivity contribution in [3.8, 4) is 0 Å². The van der Waals surface area contributed by atoms with Crippen LogP contribution in [0.15, 0.2) is 24.5 Å². The van der Waals surface area contributed by atoms with E-state index in [1.807, 2.05) is 17.0 Å². The Hall–Kier alpha value is -1.62. The Morgan fingerprint density at radius 2 is 1.78 bits per heavy atom. The van der Waals surface area contributed by atoms with Crippen molar-refractivity contribution in [3.05, 3.63) is 30.1 Å². The van der Waals surface area contributed by atoms with E-state index in [2.05, 4.69) is 39.6 Å². The van der Waals surface area contributed by atoms with E-state index in [-0.39, 0.29) is 57.0 Å². The van der Waals surface area contributed by atoms with Gasteiger partial charge in [-0.05, 0) is 128 Å². The summed E-state index contributed by atoms with van der Waals surface area (Å²) in [4.78, 5) is 19.2. The van der Waals surface area contributed by atoms with Gasteiger partial charge in [-0.2, -0.15) is 0 Å². The van der Waals surface area contributed by atoms with E-state index in [0.29, 0.717) is 44.4 Å². The second kappa shape index (κ2) is 11.7. The number of carbonyl (C=O) groups is 1. The number of fused-ring (bicyclic) bond motifs is 4. The Balaban J connectivity index is 0.985. The van der Waals surface area contributed by atoms with Gasteiger partial charge in [0.05, 0.1) is 49.6 Å². The Morgan fingerprint density at radius 3 is 2.50 bits per heavy atom. The molecule has 9 nitrogen and oxygen atoms in total. The van der Waals surface area contributed by atoms with Gasteiger partial charge in [0, 0.05) is 24.4 Å². The Morgan fingerprint density at radius 1 is 1.08 bits per heavy atom. The fourth-order valence-electron chi connectivity index (χ4n) is 14.1. The van der Waals surface area contributed by atoms with Crippen LogP contribution in [0.1, 0.15) is 105 Å². The molecule has 3 N–H and O–H groups in total. The summed E-state index contributed by atoms with van der Waals surface area (Å²) in [7, 11) is 0. The Labute approximate surface area is 298 Å². The molecule has 3 heterocycles. The van der Waals surface area contributed by atoms with Crippen LogP contribution in [0.2, 0.25) is 0 Å². The molecule has 7 fully saturated rings. The van der Waals surface area contributed by atoms with Crippen molar-refractivity contribution in [1.82, 2.24) is 9.88 Å². The van der Waals surface area contributed by atoms with Crippen LogP contribution in [0.4, 0.5) is 0 Å². The summed E-state index contributed by atoms with van der Waals surface area (Å²) in [6.07, 6.45) is 9.66. The molecule has 1 aromatic rings. The summed E-state index contributed by atoms with van der Waals surface area (Å²) >= 11 is 0. The standard InChI is InChI=1S/C41H62N2O7/c1-24-20-26(34(45)37(4,5)47)49-33-32(24)38(6)14-15-41-23-40(41)13-10-29(36(2,3)27(40)8-9-28(41)39(38,7)35(33)46)50-31-22-43(18-19-48-31)30(44)21-25-11-16-42-17-12-25/h11-12,16-17,24,26-29,31-35,45-47H,8-10,13-15,18-23H2,1-7H3/t24-,26-,27+,28+,29?,31?,32?,33+,34?,35+,38-,39-,40?,41+/m1/s1. The predicted molar refractivity (Wildman–Crippen MR) is 188 cm³/mol. The van der Waals surface area contributed by atoms with Crippen molar-refractivity contribution in [1.29, 1.82) is 0 Å². The van der Waals surface area contributed by atoms with E-state index in [0.717, 1.165) is 37.7 Å². The van der Waals surface area contributed by atoms with Gasteiger partial charge in [-0.25, -0.2) is 0 Å². The highest BCUT2D eigenvalue weighted by molar-refractivity contribution is 5.78. The van der Waals surface area contributed by atoms with Crippen molar-refractivity contribution in [2.45, 2.75) is 149 Å². The summed E-state index contributed by atoms with van der Waals surface area (Å²) in [5, 5.41) is 34.2. The Bertz CT molecular complexity index is 1470. The molecule has 9 heteroatoms. The highest BCUT2D eigenvalue weighted by atomic mass is 16.7. The SMILES string of the molecule is C[C@@H]1C[C@H](C(O)C(C)(C)O)O[C@H]2C1[C@@]1(C)CC[C@@]34CC35CCC(OC3CN(C(=O)Cc6ccncc6)CCO3)C(C)(C)[C@@H]5CC[C@H]4[C@]1(C)[C@H]2O. The van der Waals surface area contributed by atoms with Crippen LogP contribution < -0.4 is 0 Å². The smallest absolute Gasteiger partial charge is 0.227 e. The van der Waals surface area contributed by atoms with Gasteiger partial charge in [-0.3, -0.25) is 9.78 Å². The maximum Gasteiger partial charge on any atom is 0.227 e. The van der Waals surface area contributed by atoms with Gasteiger partial charge in [0.15, 0.2) is 6.29 Å². The predicted octanol–water partition coefficient (Wildman–Crippen LogP) is 5.14. The van der Waals surface area contributed by atoms with E-state index in [4.69, 9.17) is 14.2 Å². The van der Waals surface area contributed by atoms with Crippen molar-refractivity contribution < 1.29 is 34.3 Å². The molecule has 0 radical (unpaired) electrons. The lowest BCUT2D eigenvalue weighted by Crippen LogP contribution is -2.60. The normalized spacial score (nSPS) is 48.4. The molecule has 7 aliphatic rings. The lowest BCUT2D eigenvalue weighted by atomic mass is 9.41. The molecule has 5 unspecified atom stereocenters. The summed E-state index contributed by atoms with van der Waals surface area (Å²) in [6, 6.07) is 3.79. The number of ether oxygens (including phenoxy) is 3. The lowest BCUT2D eigenvalue weighted by Gasteiger charge is -2.64. The molecule has 1 aromatic heterocycles. The molecule has 2 spiro atoms. The molecule has 5 aliphatic carbocycles. The molecular weight excluding hydrogens is 632 g/mol. The zero-order valence-corrected chi connectivity index (χ0v) is 31.4. The number of pyridine rings is 1. The molecule has 50 heavy (non-hydrogen) atoms. The van der Waals surface area contributed by atoms with Crippen LogP contribution in [0.5, 0.6) is 0 Å². The number of aliphatic hydroxyl groups is 3. The first-order chi connectivity index (χ1) is 23.5. The van der Waals surface area contributed by atoms with Crippen LogP contribution in [0.3, 0.4) is 0 Å². The maximum absolute atomic E-state index is 13.2. The van der Waals surface area contributed by atoms with Gasteiger partial charge >= 0.3 is 0 Å². The van der Waals surface area contributed by atoms with Gasteiger partial charge in [-0.15, -0.1) is 0 Å². The minimum absolute atomic E-state index is 0.0403. The van der Waals surface area contributed by atoms with Gasteiger partial charge in [0.2, 0.25) is 5.91 Å². The minimum Gasteiger partial charge on any atom is -0.390 e. The Kier molecular flexibility index (Phi) is 8.28. The average Bonchev–Trinajstić information content (AvgIpc) is 3.70. The third kappa shape index (κ3) is 4.85. The van der Waals surface area contributed by atoms with Crippen LogP contribution in [0, 0.1) is 50.7 Å².